The molecule has 0 unspecified atom stereocenters. The summed E-state index contributed by atoms with van der Waals surface area (Å²) in [6.45, 7) is 3.42. The van der Waals surface area contributed by atoms with E-state index in [-0.39, 0.29) is 18.3 Å². The molecule has 4 nitrogen and oxygen atoms in total. The number of benzene rings is 1. The Morgan fingerprint density at radius 2 is 2.00 bits per heavy atom. The summed E-state index contributed by atoms with van der Waals surface area (Å²) in [4.78, 5) is 11.0. The minimum absolute atomic E-state index is 0.135. The van der Waals surface area contributed by atoms with E-state index >= 15 is 0 Å². The molecule has 0 fully saturated rings. The first-order chi connectivity index (χ1) is 7.11. The van der Waals surface area contributed by atoms with Gasteiger partial charge in [0.25, 0.3) is 0 Å². The van der Waals surface area contributed by atoms with E-state index in [9.17, 15) is 4.79 Å². The minimum Gasteiger partial charge on any atom is -0.469 e. The maximum Gasteiger partial charge on any atom is 0.309 e. The monoisotopic (exact) mass is 207 g/mol. The average molecular weight is 207 g/mol. The Labute approximate surface area is 88.3 Å². The topological polar surface area (TPSA) is 61.5 Å². The number of hydrogen-bond donors (Lipinski definition) is 1. The molecule has 4 heteroatoms. The molecule has 0 heterocycles. The van der Waals surface area contributed by atoms with Crippen molar-refractivity contribution in [2.24, 2.45) is 5.73 Å². The van der Waals surface area contributed by atoms with Crippen LogP contribution in [-0.2, 0) is 16.0 Å². The smallest absolute Gasteiger partial charge is 0.309 e. The SMILES string of the molecule is C=C(N)Oc1ccc(CC(=O)OC)cc1. The molecule has 0 saturated carbocycles. The molecule has 0 radical (unpaired) electrons. The summed E-state index contributed by atoms with van der Waals surface area (Å²) in [5.41, 5.74) is 6.13. The Morgan fingerprint density at radius 1 is 1.40 bits per heavy atom. The van der Waals surface area contributed by atoms with Crippen molar-refractivity contribution in [1.82, 2.24) is 0 Å². The lowest BCUT2D eigenvalue weighted by molar-refractivity contribution is -0.139. The van der Waals surface area contributed by atoms with E-state index in [0.29, 0.717) is 5.75 Å². The largest absolute Gasteiger partial charge is 0.469 e. The van der Waals surface area contributed by atoms with Crippen LogP contribution in [0.4, 0.5) is 0 Å². The fourth-order valence-corrected chi connectivity index (χ4v) is 1.07. The van der Waals surface area contributed by atoms with Gasteiger partial charge in [-0.15, -0.1) is 0 Å². The molecule has 15 heavy (non-hydrogen) atoms. The number of ether oxygens (including phenoxy) is 2. The van der Waals surface area contributed by atoms with Crippen molar-refractivity contribution in [3.63, 3.8) is 0 Å². The number of esters is 1. The zero-order valence-corrected chi connectivity index (χ0v) is 8.53. The van der Waals surface area contributed by atoms with E-state index in [2.05, 4.69) is 11.3 Å². The summed E-state index contributed by atoms with van der Waals surface area (Å²) >= 11 is 0. The molecule has 0 amide bonds. The highest BCUT2D eigenvalue weighted by atomic mass is 16.5. The predicted molar refractivity (Wildman–Crippen MR) is 56.1 cm³/mol. The van der Waals surface area contributed by atoms with Crippen LogP contribution in [0.5, 0.6) is 5.75 Å². The van der Waals surface area contributed by atoms with Crippen LogP contribution in [0.25, 0.3) is 0 Å². The average Bonchev–Trinajstić information content (AvgIpc) is 2.20. The number of hydrogen-bond acceptors (Lipinski definition) is 4. The molecule has 0 aromatic heterocycles. The van der Waals surface area contributed by atoms with Gasteiger partial charge in [0.1, 0.15) is 5.75 Å². The van der Waals surface area contributed by atoms with E-state index in [1.54, 1.807) is 24.3 Å². The first-order valence-electron chi connectivity index (χ1n) is 4.40. The van der Waals surface area contributed by atoms with Crippen LogP contribution in [0.2, 0.25) is 0 Å². The quantitative estimate of drug-likeness (QED) is 0.595. The maximum atomic E-state index is 11.0. The molecule has 1 aromatic rings. The van der Waals surface area contributed by atoms with Crippen molar-refractivity contribution in [3.05, 3.63) is 42.3 Å². The van der Waals surface area contributed by atoms with Crippen molar-refractivity contribution >= 4 is 5.97 Å². The van der Waals surface area contributed by atoms with E-state index in [1.165, 1.54) is 7.11 Å². The van der Waals surface area contributed by atoms with Gasteiger partial charge in [0.15, 0.2) is 5.88 Å². The molecule has 0 aliphatic rings. The fraction of sp³-hybridized carbons (Fsp3) is 0.182. The van der Waals surface area contributed by atoms with Gasteiger partial charge >= 0.3 is 5.97 Å². The van der Waals surface area contributed by atoms with E-state index < -0.39 is 0 Å². The summed E-state index contributed by atoms with van der Waals surface area (Å²) < 4.78 is 9.61. The molecule has 0 aliphatic heterocycles. The van der Waals surface area contributed by atoms with Gasteiger partial charge in [-0.05, 0) is 24.3 Å². The zero-order chi connectivity index (χ0) is 11.3. The normalized spacial score (nSPS) is 9.40. The van der Waals surface area contributed by atoms with Gasteiger partial charge < -0.3 is 15.2 Å². The third-order valence-corrected chi connectivity index (χ3v) is 1.75. The Morgan fingerprint density at radius 3 is 2.47 bits per heavy atom. The summed E-state index contributed by atoms with van der Waals surface area (Å²) in [5.74, 6) is 0.457. The van der Waals surface area contributed by atoms with Crippen LogP contribution < -0.4 is 10.5 Å². The highest BCUT2D eigenvalue weighted by Gasteiger charge is 2.02. The second-order valence-corrected chi connectivity index (χ2v) is 2.97. The van der Waals surface area contributed by atoms with Gasteiger partial charge in [0.05, 0.1) is 13.5 Å². The highest BCUT2D eigenvalue weighted by Crippen LogP contribution is 2.13. The number of carbonyl (C=O) groups excluding carboxylic acids is 1. The number of rotatable bonds is 4. The molecule has 0 spiro atoms. The fourth-order valence-electron chi connectivity index (χ4n) is 1.07. The molecular formula is C11H13NO3. The molecule has 0 atom stereocenters. The lowest BCUT2D eigenvalue weighted by Crippen LogP contribution is -2.05. The van der Waals surface area contributed by atoms with Crippen molar-refractivity contribution in [2.45, 2.75) is 6.42 Å². The summed E-state index contributed by atoms with van der Waals surface area (Å²) in [7, 11) is 1.36. The molecular weight excluding hydrogens is 194 g/mol. The van der Waals surface area contributed by atoms with Crippen LogP contribution in [0.3, 0.4) is 0 Å². The second-order valence-electron chi connectivity index (χ2n) is 2.97. The Bertz CT molecular complexity index is 357. The van der Waals surface area contributed by atoms with E-state index in [4.69, 9.17) is 10.5 Å². The Balaban J connectivity index is 2.64. The van der Waals surface area contributed by atoms with Crippen molar-refractivity contribution in [1.29, 1.82) is 0 Å². The number of carbonyl (C=O) groups is 1. The summed E-state index contributed by atoms with van der Waals surface area (Å²) in [5, 5.41) is 0. The molecule has 1 aromatic carbocycles. The molecule has 1 rings (SSSR count). The Hall–Kier alpha value is -1.97. The highest BCUT2D eigenvalue weighted by molar-refractivity contribution is 5.72. The predicted octanol–water partition coefficient (Wildman–Crippen LogP) is 1.21. The third kappa shape index (κ3) is 3.72. The van der Waals surface area contributed by atoms with Crippen LogP contribution >= 0.6 is 0 Å². The Kier molecular flexibility index (Phi) is 3.74. The number of nitrogens with two attached hydrogens (primary N) is 1. The number of methoxy groups -OCH3 is 1. The molecule has 80 valence electrons. The first kappa shape index (κ1) is 11.1. The van der Waals surface area contributed by atoms with Gasteiger partial charge in [-0.25, -0.2) is 0 Å². The van der Waals surface area contributed by atoms with Crippen molar-refractivity contribution in [2.75, 3.05) is 7.11 Å². The lowest BCUT2D eigenvalue weighted by Gasteiger charge is -2.04. The van der Waals surface area contributed by atoms with Gasteiger partial charge in [0, 0.05) is 0 Å². The van der Waals surface area contributed by atoms with Crippen molar-refractivity contribution < 1.29 is 14.3 Å². The van der Waals surface area contributed by atoms with Crippen LogP contribution in [-0.4, -0.2) is 13.1 Å². The molecule has 0 bridgehead atoms. The zero-order valence-electron chi connectivity index (χ0n) is 8.53. The standard InChI is InChI=1S/C11H13NO3/c1-8(12)15-10-5-3-9(4-6-10)7-11(13)14-2/h3-6H,1,7,12H2,2H3. The molecule has 0 aliphatic carbocycles. The van der Waals surface area contributed by atoms with Gasteiger partial charge in [0.2, 0.25) is 0 Å². The van der Waals surface area contributed by atoms with Gasteiger partial charge in [-0.2, -0.15) is 0 Å². The van der Waals surface area contributed by atoms with Gasteiger partial charge in [-0.1, -0.05) is 12.1 Å². The molecule has 2 N–H and O–H groups in total. The lowest BCUT2D eigenvalue weighted by atomic mass is 10.1. The third-order valence-electron chi connectivity index (χ3n) is 1.75. The second kappa shape index (κ2) is 5.05. The van der Waals surface area contributed by atoms with Crippen LogP contribution in [0.1, 0.15) is 5.56 Å². The van der Waals surface area contributed by atoms with Crippen LogP contribution in [0, 0.1) is 0 Å². The summed E-state index contributed by atoms with van der Waals surface area (Å²) in [6.07, 6.45) is 0.250. The van der Waals surface area contributed by atoms with E-state index in [0.717, 1.165) is 5.56 Å². The maximum absolute atomic E-state index is 11.0. The summed E-state index contributed by atoms with van der Waals surface area (Å²) in [6, 6.07) is 6.98. The van der Waals surface area contributed by atoms with E-state index in [1.807, 2.05) is 0 Å². The van der Waals surface area contributed by atoms with Crippen LogP contribution in [0.15, 0.2) is 36.7 Å². The van der Waals surface area contributed by atoms with Gasteiger partial charge in [-0.3, -0.25) is 4.79 Å². The van der Waals surface area contributed by atoms with Crippen molar-refractivity contribution in [3.8, 4) is 5.75 Å². The molecule has 0 saturated heterocycles. The first-order valence-corrected chi connectivity index (χ1v) is 4.40. The minimum atomic E-state index is -0.271.